The van der Waals surface area contributed by atoms with E-state index in [1.54, 1.807) is 6.92 Å². The van der Waals surface area contributed by atoms with E-state index < -0.39 is 18.0 Å². The number of unbranched alkanes of at least 4 members (excludes halogenated alkanes) is 14. The third-order valence-corrected chi connectivity index (χ3v) is 10.3. The van der Waals surface area contributed by atoms with Crippen molar-refractivity contribution in [1.29, 1.82) is 0 Å². The van der Waals surface area contributed by atoms with Gasteiger partial charge in [-0.2, -0.15) is 0 Å². The van der Waals surface area contributed by atoms with Gasteiger partial charge in [0.15, 0.2) is 0 Å². The molecule has 0 aliphatic carbocycles. The van der Waals surface area contributed by atoms with Crippen molar-refractivity contribution in [1.82, 2.24) is 16.0 Å². The van der Waals surface area contributed by atoms with E-state index in [0.29, 0.717) is 65.4 Å². The quantitative estimate of drug-likeness (QED) is 0.0384. The van der Waals surface area contributed by atoms with Crippen molar-refractivity contribution in [3.05, 3.63) is 0 Å². The highest BCUT2D eigenvalue weighted by Crippen LogP contribution is 2.15. The summed E-state index contributed by atoms with van der Waals surface area (Å²) in [5.74, 6) is -2.00. The van der Waals surface area contributed by atoms with Crippen molar-refractivity contribution in [3.8, 4) is 0 Å². The van der Waals surface area contributed by atoms with E-state index in [2.05, 4.69) is 20.7 Å². The molecule has 3 amide bonds. The molecule has 0 aliphatic heterocycles. The molecule has 0 saturated heterocycles. The smallest absolute Gasteiger partial charge is 0.326 e. The fourth-order valence-electron chi connectivity index (χ4n) is 6.57. The Labute approximate surface area is 378 Å². The number of methoxy groups -OCH3 is 1. The summed E-state index contributed by atoms with van der Waals surface area (Å²) in [7, 11) is 1.46. The average molecular weight is 902 g/mol. The average Bonchev–Trinajstić information content (AvgIpc) is 3.24. The summed E-state index contributed by atoms with van der Waals surface area (Å²) in [6, 6.07) is -1.01. The number of Topliss-reactive ketones (excluding diaryl/α,β-unsaturated/α-hetero) is 2. The Bertz CT molecular complexity index is 1190. The monoisotopic (exact) mass is 902 g/mol. The SMILES string of the molecule is CCCOCCCC(=O)CC[C@H](NC(=O)CCCCCCCCCCCCCCCCC(=O)O)C(=O)O.CC[C@@H](CCCCNC(=O)COCCOCCNC(=O)COC)C(C)=O. The maximum absolute atomic E-state index is 12.1. The van der Waals surface area contributed by atoms with Gasteiger partial charge in [0.2, 0.25) is 17.7 Å². The van der Waals surface area contributed by atoms with Gasteiger partial charge in [-0.1, -0.05) is 97.3 Å². The lowest BCUT2D eigenvalue weighted by molar-refractivity contribution is -0.142. The first-order chi connectivity index (χ1) is 30.4. The minimum Gasteiger partial charge on any atom is -0.481 e. The largest absolute Gasteiger partial charge is 0.481 e. The molecule has 0 aromatic rings. The minimum atomic E-state index is -1.09. The lowest BCUT2D eigenvalue weighted by atomic mass is 9.95. The van der Waals surface area contributed by atoms with E-state index in [-0.39, 0.29) is 67.7 Å². The van der Waals surface area contributed by atoms with Crippen LogP contribution in [0.15, 0.2) is 0 Å². The van der Waals surface area contributed by atoms with Gasteiger partial charge < -0.3 is 45.1 Å². The predicted molar refractivity (Wildman–Crippen MR) is 244 cm³/mol. The van der Waals surface area contributed by atoms with E-state index in [1.165, 1.54) is 52.1 Å². The van der Waals surface area contributed by atoms with Crippen LogP contribution in [-0.4, -0.2) is 124 Å². The highest BCUT2D eigenvalue weighted by Gasteiger charge is 2.21. The number of carbonyl (C=O) groups excluding carboxylic acids is 5. The zero-order chi connectivity index (χ0) is 47.2. The number of nitrogens with one attached hydrogen (secondary N) is 3. The van der Waals surface area contributed by atoms with Crippen LogP contribution >= 0.6 is 0 Å². The number of amides is 3. The molecule has 16 nitrogen and oxygen atoms in total. The van der Waals surface area contributed by atoms with Gasteiger partial charge in [-0.05, 0) is 58.3 Å². The molecule has 368 valence electrons. The summed E-state index contributed by atoms with van der Waals surface area (Å²) >= 11 is 0. The summed E-state index contributed by atoms with van der Waals surface area (Å²) < 4.78 is 20.5. The zero-order valence-corrected chi connectivity index (χ0v) is 39.6. The number of ketones is 2. The van der Waals surface area contributed by atoms with Gasteiger partial charge in [0, 0.05) is 65.0 Å². The third kappa shape index (κ3) is 46.3. The van der Waals surface area contributed by atoms with Gasteiger partial charge in [0.05, 0.1) is 19.8 Å². The number of carboxylic acid groups (broad SMARTS) is 2. The van der Waals surface area contributed by atoms with Crippen LogP contribution in [0.5, 0.6) is 0 Å². The molecule has 2 atom stereocenters. The van der Waals surface area contributed by atoms with Gasteiger partial charge in [-0.3, -0.25) is 28.8 Å². The number of rotatable bonds is 45. The number of ether oxygens (including phenoxy) is 4. The molecule has 0 rings (SSSR count). The van der Waals surface area contributed by atoms with Crippen molar-refractivity contribution in [2.75, 3.05) is 66.4 Å². The van der Waals surface area contributed by atoms with Gasteiger partial charge in [0.25, 0.3) is 0 Å². The number of carbonyl (C=O) groups is 7. The van der Waals surface area contributed by atoms with Crippen molar-refractivity contribution in [2.24, 2.45) is 5.92 Å². The normalized spacial score (nSPS) is 11.8. The Kier molecular flexibility index (Phi) is 45.5. The molecule has 0 bridgehead atoms. The second kappa shape index (κ2) is 46.5. The van der Waals surface area contributed by atoms with Crippen LogP contribution in [0.4, 0.5) is 0 Å². The highest BCUT2D eigenvalue weighted by atomic mass is 16.5. The Balaban J connectivity index is 0. The molecule has 5 N–H and O–H groups in total. The fraction of sp³-hybridized carbons (Fsp3) is 0.851. The van der Waals surface area contributed by atoms with Crippen LogP contribution in [-0.2, 0) is 52.5 Å². The number of aliphatic carboxylic acids is 2. The molecular formula is C47H87N3O13. The van der Waals surface area contributed by atoms with Crippen LogP contribution in [0, 0.1) is 5.92 Å². The van der Waals surface area contributed by atoms with Crippen molar-refractivity contribution < 1.29 is 62.7 Å². The predicted octanol–water partition coefficient (Wildman–Crippen LogP) is 7.12. The lowest BCUT2D eigenvalue weighted by Crippen LogP contribution is -2.41. The fourth-order valence-corrected chi connectivity index (χ4v) is 6.57. The molecule has 0 spiro atoms. The van der Waals surface area contributed by atoms with Crippen molar-refractivity contribution in [2.45, 2.75) is 187 Å². The molecule has 0 saturated carbocycles. The molecule has 0 radical (unpaired) electrons. The summed E-state index contributed by atoms with van der Waals surface area (Å²) in [4.78, 5) is 80.0. The number of carboxylic acids is 2. The Morgan fingerprint density at radius 2 is 1.05 bits per heavy atom. The maximum atomic E-state index is 12.1. The molecular weight excluding hydrogens is 815 g/mol. The Morgan fingerprint density at radius 1 is 0.508 bits per heavy atom. The van der Waals surface area contributed by atoms with Crippen LogP contribution in [0.2, 0.25) is 0 Å². The summed E-state index contributed by atoms with van der Waals surface area (Å²) in [6.45, 7) is 8.99. The van der Waals surface area contributed by atoms with Gasteiger partial charge >= 0.3 is 11.9 Å². The molecule has 0 aromatic heterocycles. The van der Waals surface area contributed by atoms with Gasteiger partial charge in [-0.15, -0.1) is 0 Å². The van der Waals surface area contributed by atoms with Crippen molar-refractivity contribution in [3.63, 3.8) is 0 Å². The molecule has 0 fully saturated rings. The zero-order valence-electron chi connectivity index (χ0n) is 39.6. The first kappa shape index (κ1) is 61.6. The minimum absolute atomic E-state index is 0.00103. The first-order valence-corrected chi connectivity index (χ1v) is 23.9. The maximum Gasteiger partial charge on any atom is 0.326 e. The van der Waals surface area contributed by atoms with E-state index in [4.69, 9.17) is 19.3 Å². The van der Waals surface area contributed by atoms with Crippen LogP contribution in [0.3, 0.4) is 0 Å². The highest BCUT2D eigenvalue weighted by molar-refractivity contribution is 5.84. The molecule has 16 heteroatoms. The van der Waals surface area contributed by atoms with Gasteiger partial charge in [-0.25, -0.2) is 4.79 Å². The van der Waals surface area contributed by atoms with Crippen LogP contribution < -0.4 is 16.0 Å². The summed E-state index contributed by atoms with van der Waals surface area (Å²) in [5.41, 5.74) is 0. The van der Waals surface area contributed by atoms with E-state index in [0.717, 1.165) is 77.0 Å². The lowest BCUT2D eigenvalue weighted by Gasteiger charge is -2.14. The molecule has 0 heterocycles. The van der Waals surface area contributed by atoms with Gasteiger partial charge in [0.1, 0.15) is 30.8 Å². The molecule has 0 aromatic carbocycles. The third-order valence-electron chi connectivity index (χ3n) is 10.3. The van der Waals surface area contributed by atoms with Crippen molar-refractivity contribution >= 4 is 41.2 Å². The molecule has 0 unspecified atom stereocenters. The Hall–Kier alpha value is -3.47. The van der Waals surface area contributed by atoms with E-state index >= 15 is 0 Å². The summed E-state index contributed by atoms with van der Waals surface area (Å²) in [5, 5.41) is 26.0. The summed E-state index contributed by atoms with van der Waals surface area (Å²) in [6.07, 6.45) is 22.0. The second-order valence-corrected chi connectivity index (χ2v) is 16.1. The molecule has 63 heavy (non-hydrogen) atoms. The Morgan fingerprint density at radius 3 is 1.59 bits per heavy atom. The number of hydrogen-bond donors (Lipinski definition) is 5. The van der Waals surface area contributed by atoms with E-state index in [9.17, 15) is 38.7 Å². The number of hydrogen-bond acceptors (Lipinski definition) is 11. The second-order valence-electron chi connectivity index (χ2n) is 16.1. The van der Waals surface area contributed by atoms with Crippen LogP contribution in [0.25, 0.3) is 0 Å². The van der Waals surface area contributed by atoms with E-state index in [1.807, 2.05) is 13.8 Å². The van der Waals surface area contributed by atoms with Crippen LogP contribution in [0.1, 0.15) is 181 Å². The molecule has 0 aliphatic rings. The topological polar surface area (TPSA) is 233 Å². The standard InChI is InChI=1S/C29H53NO7.C18H34N2O6/c1-2-23-37-24-17-18-25(31)21-22-26(29(35)36)30-27(32)19-15-13-11-9-7-5-3-4-6-8-10-12-14-16-20-28(33)34;1-4-16(15(2)21)7-5-6-8-19-18(23)14-26-12-11-25-10-9-20-17(22)13-24-3/h26H,2-24H2,1H3,(H,30,32)(H,33,34)(H,35,36);16H,4-14H2,1-3H3,(H,19,23)(H,20,22)/t26-;16-/m00/s1. The first-order valence-electron chi connectivity index (χ1n) is 23.9.